The second kappa shape index (κ2) is 12.5. The number of aryl methyl sites for hydroxylation is 1. The van der Waals surface area contributed by atoms with E-state index in [1.165, 1.54) is 16.7 Å². The maximum Gasteiger partial charge on any atom is 0.144 e. The molecule has 0 aliphatic heterocycles. The van der Waals surface area contributed by atoms with Gasteiger partial charge in [-0.2, -0.15) is 0 Å². The number of aromatic hydroxyl groups is 1. The van der Waals surface area contributed by atoms with Gasteiger partial charge in [-0.3, -0.25) is 9.97 Å². The van der Waals surface area contributed by atoms with Crippen LogP contribution in [0.15, 0.2) is 85.2 Å². The predicted molar refractivity (Wildman–Crippen MR) is 215 cm³/mol. The first-order valence-corrected chi connectivity index (χ1v) is 18.1. The summed E-state index contributed by atoms with van der Waals surface area (Å²) < 4.78 is 2.08. The summed E-state index contributed by atoms with van der Waals surface area (Å²) in [5, 5.41) is 11.8. The zero-order valence-electron chi connectivity index (χ0n) is 32.8. The highest BCUT2D eigenvalue weighted by Crippen LogP contribution is 2.44. The summed E-state index contributed by atoms with van der Waals surface area (Å²) in [7, 11) is 2.02. The SMILES string of the molecule is Cn1c(-c2cc(C(C)(C)C)cc(C(C)(C)C)c2O)nc2c(-c3cc(-c4cc(C(C)(C)C)cc(C(C)(C)C)c4)cc(-c4ccccn4)c3)nccc21. The number of nitrogens with zero attached hydrogens (tertiary/aromatic N) is 4. The molecule has 0 bridgehead atoms. The number of pyridine rings is 2. The normalized spacial score (nSPS) is 12.9. The van der Waals surface area contributed by atoms with E-state index < -0.39 is 0 Å². The maximum absolute atomic E-state index is 11.8. The summed E-state index contributed by atoms with van der Waals surface area (Å²) in [5.74, 6) is 0.985. The molecule has 6 rings (SSSR count). The van der Waals surface area contributed by atoms with Crippen molar-refractivity contribution in [3.8, 4) is 50.8 Å². The lowest BCUT2D eigenvalue weighted by Gasteiger charge is -2.27. The Morgan fingerprint density at radius 2 is 1.12 bits per heavy atom. The van der Waals surface area contributed by atoms with Crippen LogP contribution in [0.3, 0.4) is 0 Å². The van der Waals surface area contributed by atoms with Gasteiger partial charge < -0.3 is 9.67 Å². The van der Waals surface area contributed by atoms with Crippen molar-refractivity contribution in [3.63, 3.8) is 0 Å². The monoisotopic (exact) mass is 678 g/mol. The molecule has 264 valence electrons. The Labute approximate surface area is 304 Å². The molecule has 0 radical (unpaired) electrons. The molecule has 0 aliphatic rings. The van der Waals surface area contributed by atoms with Crippen molar-refractivity contribution in [3.05, 3.63) is 107 Å². The van der Waals surface area contributed by atoms with E-state index in [0.29, 0.717) is 5.82 Å². The molecular weight excluding hydrogens is 625 g/mol. The second-order valence-corrected chi connectivity index (χ2v) is 18.3. The third-order valence-corrected chi connectivity index (χ3v) is 9.99. The first kappa shape index (κ1) is 36.0. The Morgan fingerprint density at radius 1 is 0.549 bits per heavy atom. The molecule has 0 saturated carbocycles. The second-order valence-electron chi connectivity index (χ2n) is 18.3. The molecule has 0 atom stereocenters. The average molecular weight is 679 g/mol. The van der Waals surface area contributed by atoms with Crippen LogP contribution in [0.5, 0.6) is 5.75 Å². The minimum atomic E-state index is -0.253. The van der Waals surface area contributed by atoms with Gasteiger partial charge in [-0.1, -0.05) is 113 Å². The van der Waals surface area contributed by atoms with Crippen LogP contribution in [-0.4, -0.2) is 24.6 Å². The lowest BCUT2D eigenvalue weighted by Crippen LogP contribution is -2.17. The molecule has 3 aromatic heterocycles. The average Bonchev–Trinajstić information content (AvgIpc) is 3.39. The fraction of sp³-hybridized carbons (Fsp3) is 0.370. The third kappa shape index (κ3) is 7.08. The summed E-state index contributed by atoms with van der Waals surface area (Å²) in [6.45, 7) is 26.7. The fourth-order valence-electron chi connectivity index (χ4n) is 6.65. The molecule has 6 aromatic rings. The van der Waals surface area contributed by atoms with Crippen molar-refractivity contribution < 1.29 is 5.11 Å². The number of phenolic OH excluding ortho intramolecular Hbond substituents is 1. The van der Waals surface area contributed by atoms with E-state index in [1.807, 2.05) is 37.6 Å². The van der Waals surface area contributed by atoms with Crippen molar-refractivity contribution >= 4 is 11.0 Å². The largest absolute Gasteiger partial charge is 0.507 e. The molecular formula is C46H54N4O. The Balaban J connectivity index is 1.63. The number of hydrogen-bond donors (Lipinski definition) is 1. The van der Waals surface area contributed by atoms with Gasteiger partial charge in [0.1, 0.15) is 17.1 Å². The topological polar surface area (TPSA) is 63.8 Å². The molecule has 0 unspecified atom stereocenters. The number of fused-ring (bicyclic) bond motifs is 1. The van der Waals surface area contributed by atoms with Crippen LogP contribution in [0.25, 0.3) is 56.1 Å². The molecule has 0 fully saturated rings. The van der Waals surface area contributed by atoms with Crippen LogP contribution in [0.4, 0.5) is 0 Å². The number of aromatic nitrogens is 4. The third-order valence-electron chi connectivity index (χ3n) is 9.99. The summed E-state index contributed by atoms with van der Waals surface area (Å²) >= 11 is 0. The highest BCUT2D eigenvalue weighted by atomic mass is 16.3. The zero-order valence-corrected chi connectivity index (χ0v) is 32.8. The van der Waals surface area contributed by atoms with Gasteiger partial charge in [0.05, 0.1) is 22.5 Å². The van der Waals surface area contributed by atoms with Gasteiger partial charge in [0.15, 0.2) is 0 Å². The molecule has 0 aliphatic carbocycles. The summed E-state index contributed by atoms with van der Waals surface area (Å²) in [6, 6.07) is 26.0. The lowest BCUT2D eigenvalue weighted by molar-refractivity contribution is 0.446. The molecule has 0 amide bonds. The van der Waals surface area contributed by atoms with Crippen LogP contribution >= 0.6 is 0 Å². The van der Waals surface area contributed by atoms with Gasteiger partial charge >= 0.3 is 0 Å². The van der Waals surface area contributed by atoms with Crippen molar-refractivity contribution in [2.75, 3.05) is 0 Å². The van der Waals surface area contributed by atoms with E-state index in [-0.39, 0.29) is 27.4 Å². The van der Waals surface area contributed by atoms with E-state index >= 15 is 0 Å². The molecule has 3 heterocycles. The van der Waals surface area contributed by atoms with E-state index in [1.54, 1.807) is 0 Å². The number of hydrogen-bond acceptors (Lipinski definition) is 4. The first-order valence-electron chi connectivity index (χ1n) is 18.1. The maximum atomic E-state index is 11.8. The fourth-order valence-corrected chi connectivity index (χ4v) is 6.65. The van der Waals surface area contributed by atoms with Gasteiger partial charge in [0.25, 0.3) is 0 Å². The Bertz CT molecular complexity index is 2220. The molecule has 1 N–H and O–H groups in total. The molecule has 51 heavy (non-hydrogen) atoms. The standard InChI is InChI=1S/C46H54N4O/c1-43(2,3)32-23-29(24-33(25-32)44(4,5)6)28-20-30(37-16-14-15-18-47-37)22-31(21-28)39-40-38(17-19-48-39)50(13)42(49-40)35-26-34(45(7,8)9)27-36(41(35)51)46(10,11)12/h14-27,51H,1-13H3. The van der Waals surface area contributed by atoms with Gasteiger partial charge in [-0.05, 0) is 91.9 Å². The highest BCUT2D eigenvalue weighted by Gasteiger charge is 2.28. The van der Waals surface area contributed by atoms with Crippen LogP contribution in [0.2, 0.25) is 0 Å². The van der Waals surface area contributed by atoms with E-state index in [0.717, 1.165) is 55.8 Å². The molecule has 3 aromatic carbocycles. The Morgan fingerprint density at radius 3 is 1.69 bits per heavy atom. The number of imidazole rings is 1. The first-order chi connectivity index (χ1) is 23.6. The van der Waals surface area contributed by atoms with Crippen molar-refractivity contribution in [2.24, 2.45) is 7.05 Å². The van der Waals surface area contributed by atoms with Crippen LogP contribution in [-0.2, 0) is 28.7 Å². The number of benzene rings is 3. The molecule has 5 nitrogen and oxygen atoms in total. The lowest BCUT2D eigenvalue weighted by atomic mass is 9.78. The Hall–Kier alpha value is -4.77. The van der Waals surface area contributed by atoms with Gasteiger partial charge in [-0.15, -0.1) is 0 Å². The van der Waals surface area contributed by atoms with Crippen molar-refractivity contribution in [2.45, 2.75) is 105 Å². The zero-order chi connectivity index (χ0) is 37.3. The predicted octanol–water partition coefficient (Wildman–Crippen LogP) is 11.9. The summed E-state index contributed by atoms with van der Waals surface area (Å²) in [4.78, 5) is 15.0. The minimum Gasteiger partial charge on any atom is -0.507 e. The van der Waals surface area contributed by atoms with E-state index in [9.17, 15) is 5.11 Å². The quantitative estimate of drug-likeness (QED) is 0.202. The van der Waals surface area contributed by atoms with Crippen LogP contribution in [0, 0.1) is 0 Å². The molecule has 0 spiro atoms. The van der Waals surface area contributed by atoms with Gasteiger partial charge in [0, 0.05) is 36.1 Å². The van der Waals surface area contributed by atoms with Gasteiger partial charge in [-0.25, -0.2) is 4.98 Å². The van der Waals surface area contributed by atoms with Crippen molar-refractivity contribution in [1.82, 2.24) is 19.5 Å². The smallest absolute Gasteiger partial charge is 0.144 e. The molecule has 0 saturated heterocycles. The highest BCUT2D eigenvalue weighted by molar-refractivity contribution is 5.94. The minimum absolute atomic E-state index is 0.0162. The molecule has 5 heteroatoms. The van der Waals surface area contributed by atoms with Crippen molar-refractivity contribution in [1.29, 1.82) is 0 Å². The van der Waals surface area contributed by atoms with E-state index in [4.69, 9.17) is 15.0 Å². The number of phenols is 1. The summed E-state index contributed by atoms with van der Waals surface area (Å²) in [5.41, 5.74) is 12.7. The summed E-state index contributed by atoms with van der Waals surface area (Å²) in [6.07, 6.45) is 3.70. The van der Waals surface area contributed by atoms with Crippen LogP contribution < -0.4 is 0 Å². The van der Waals surface area contributed by atoms with Gasteiger partial charge in [0.2, 0.25) is 0 Å². The van der Waals surface area contributed by atoms with Crippen LogP contribution in [0.1, 0.15) is 105 Å². The van der Waals surface area contributed by atoms with E-state index in [2.05, 4.69) is 142 Å². The Kier molecular flexibility index (Phi) is 8.81. The number of rotatable bonds is 4.